The number of benzene rings is 1. The van der Waals surface area contributed by atoms with Gasteiger partial charge in [-0.15, -0.1) is 0 Å². The topological polar surface area (TPSA) is 97.6 Å². The number of fused-ring (bicyclic) bond motifs is 1. The zero-order valence-corrected chi connectivity index (χ0v) is 15.0. The lowest BCUT2D eigenvalue weighted by molar-refractivity contribution is -0.129. The SMILES string of the molecule is CCC1Oc2ccc(N)nc2N(C(C)C(=O)Nc2ccccc2C)C1=O. The van der Waals surface area contributed by atoms with E-state index in [1.165, 1.54) is 4.90 Å². The van der Waals surface area contributed by atoms with Gasteiger partial charge in [-0.2, -0.15) is 0 Å². The quantitative estimate of drug-likeness (QED) is 0.879. The van der Waals surface area contributed by atoms with Gasteiger partial charge in [0, 0.05) is 5.69 Å². The first-order valence-corrected chi connectivity index (χ1v) is 8.55. The molecule has 0 spiro atoms. The van der Waals surface area contributed by atoms with E-state index in [1.807, 2.05) is 38.1 Å². The van der Waals surface area contributed by atoms with Crippen LogP contribution in [0.2, 0.25) is 0 Å². The highest BCUT2D eigenvalue weighted by Crippen LogP contribution is 2.35. The Hall–Kier alpha value is -3.09. The smallest absolute Gasteiger partial charge is 0.270 e. The van der Waals surface area contributed by atoms with Gasteiger partial charge in [-0.3, -0.25) is 14.5 Å². The number of hydrogen-bond acceptors (Lipinski definition) is 5. The summed E-state index contributed by atoms with van der Waals surface area (Å²) < 4.78 is 5.70. The number of rotatable bonds is 4. The number of pyridine rings is 1. The number of ether oxygens (including phenoxy) is 1. The van der Waals surface area contributed by atoms with Crippen LogP contribution < -0.4 is 20.7 Å². The van der Waals surface area contributed by atoms with Crippen molar-refractivity contribution in [3.05, 3.63) is 42.0 Å². The summed E-state index contributed by atoms with van der Waals surface area (Å²) in [6.07, 6.45) is -0.160. The Labute approximate surface area is 152 Å². The third kappa shape index (κ3) is 3.20. The molecule has 2 aromatic rings. The third-order valence-electron chi connectivity index (χ3n) is 4.41. The van der Waals surface area contributed by atoms with Crippen LogP contribution in [0.4, 0.5) is 17.3 Å². The molecule has 3 N–H and O–H groups in total. The van der Waals surface area contributed by atoms with Crippen molar-refractivity contribution in [2.45, 2.75) is 39.3 Å². The van der Waals surface area contributed by atoms with Gasteiger partial charge in [0.1, 0.15) is 11.9 Å². The van der Waals surface area contributed by atoms with Crippen LogP contribution in [0.5, 0.6) is 5.75 Å². The molecule has 7 heteroatoms. The molecule has 0 radical (unpaired) electrons. The third-order valence-corrected chi connectivity index (χ3v) is 4.41. The van der Waals surface area contributed by atoms with E-state index in [4.69, 9.17) is 10.5 Å². The highest BCUT2D eigenvalue weighted by atomic mass is 16.5. The second-order valence-electron chi connectivity index (χ2n) is 6.26. The van der Waals surface area contributed by atoms with Gasteiger partial charge in [0.15, 0.2) is 17.7 Å². The molecule has 3 rings (SSSR count). The number of aromatic nitrogens is 1. The molecule has 0 fully saturated rings. The van der Waals surface area contributed by atoms with Crippen molar-refractivity contribution in [3.8, 4) is 5.75 Å². The number of nitrogens with one attached hydrogen (secondary N) is 1. The summed E-state index contributed by atoms with van der Waals surface area (Å²) in [5, 5.41) is 2.87. The molecule has 2 heterocycles. The van der Waals surface area contributed by atoms with Gasteiger partial charge < -0.3 is 15.8 Å². The van der Waals surface area contributed by atoms with Gasteiger partial charge >= 0.3 is 0 Å². The minimum atomic E-state index is -0.770. The summed E-state index contributed by atoms with van der Waals surface area (Å²) in [5.74, 6) is 0.366. The summed E-state index contributed by atoms with van der Waals surface area (Å²) in [6.45, 7) is 5.43. The zero-order chi connectivity index (χ0) is 18.8. The Balaban J connectivity index is 1.93. The monoisotopic (exact) mass is 354 g/mol. The van der Waals surface area contributed by atoms with Gasteiger partial charge in [0.25, 0.3) is 5.91 Å². The van der Waals surface area contributed by atoms with E-state index in [1.54, 1.807) is 19.1 Å². The number of amides is 2. The van der Waals surface area contributed by atoms with Gasteiger partial charge in [-0.1, -0.05) is 25.1 Å². The molecule has 2 atom stereocenters. The molecule has 1 aromatic heterocycles. The minimum Gasteiger partial charge on any atom is -0.477 e. The average Bonchev–Trinajstić information content (AvgIpc) is 2.62. The predicted octanol–water partition coefficient (Wildman–Crippen LogP) is 2.50. The Morgan fingerprint density at radius 2 is 2.08 bits per heavy atom. The van der Waals surface area contributed by atoms with E-state index in [0.717, 1.165) is 5.56 Å². The molecule has 0 saturated carbocycles. The molecular weight excluding hydrogens is 332 g/mol. The van der Waals surface area contributed by atoms with Crippen LogP contribution in [0.25, 0.3) is 0 Å². The molecule has 1 aliphatic rings. The Morgan fingerprint density at radius 3 is 2.77 bits per heavy atom. The lowest BCUT2D eigenvalue weighted by atomic mass is 10.1. The van der Waals surface area contributed by atoms with Gasteiger partial charge in [0.05, 0.1) is 0 Å². The summed E-state index contributed by atoms with van der Waals surface area (Å²) in [4.78, 5) is 31.2. The van der Waals surface area contributed by atoms with Gasteiger partial charge in [-0.25, -0.2) is 4.98 Å². The fourth-order valence-electron chi connectivity index (χ4n) is 2.88. The number of carbonyl (C=O) groups excluding carboxylic acids is 2. The van der Waals surface area contributed by atoms with Crippen LogP contribution in [0, 0.1) is 6.92 Å². The van der Waals surface area contributed by atoms with Crippen molar-refractivity contribution >= 4 is 29.1 Å². The van der Waals surface area contributed by atoms with E-state index >= 15 is 0 Å². The Morgan fingerprint density at radius 1 is 1.35 bits per heavy atom. The van der Waals surface area contributed by atoms with Crippen LogP contribution >= 0.6 is 0 Å². The highest BCUT2D eigenvalue weighted by molar-refractivity contribution is 6.07. The second kappa shape index (κ2) is 7.03. The standard InChI is InChI=1S/C19H22N4O3/c1-4-14-19(25)23(17-15(26-14)9-10-16(20)22-17)12(3)18(24)21-13-8-6-5-7-11(13)2/h5-10,12,14H,4H2,1-3H3,(H2,20,22)(H,21,24). The fourth-order valence-corrected chi connectivity index (χ4v) is 2.88. The molecule has 2 unspecified atom stereocenters. The average molecular weight is 354 g/mol. The molecule has 0 bridgehead atoms. The normalized spacial score (nSPS) is 17.3. The van der Waals surface area contributed by atoms with Gasteiger partial charge in [0.2, 0.25) is 5.91 Å². The first kappa shape index (κ1) is 17.7. The van der Waals surface area contributed by atoms with Crippen molar-refractivity contribution in [2.24, 2.45) is 0 Å². The summed E-state index contributed by atoms with van der Waals surface area (Å²) in [5.41, 5.74) is 7.42. The molecular formula is C19H22N4O3. The number of anilines is 3. The van der Waals surface area contributed by atoms with Crippen LogP contribution in [0.15, 0.2) is 36.4 Å². The minimum absolute atomic E-state index is 0.256. The largest absolute Gasteiger partial charge is 0.477 e. The van der Waals surface area contributed by atoms with Crippen LogP contribution in [0.1, 0.15) is 25.8 Å². The molecule has 0 aliphatic carbocycles. The number of nitrogens with zero attached hydrogens (tertiary/aromatic N) is 2. The van der Waals surface area contributed by atoms with Crippen LogP contribution in [-0.4, -0.2) is 28.9 Å². The van der Waals surface area contributed by atoms with E-state index in [0.29, 0.717) is 17.9 Å². The lowest BCUT2D eigenvalue weighted by Crippen LogP contribution is -2.53. The Bertz CT molecular complexity index is 852. The van der Waals surface area contributed by atoms with Gasteiger partial charge in [-0.05, 0) is 44.0 Å². The van der Waals surface area contributed by atoms with Crippen LogP contribution in [-0.2, 0) is 9.59 Å². The summed E-state index contributed by atoms with van der Waals surface area (Å²) in [7, 11) is 0. The molecule has 1 aromatic carbocycles. The second-order valence-corrected chi connectivity index (χ2v) is 6.26. The van der Waals surface area contributed by atoms with Crippen molar-refractivity contribution in [1.29, 1.82) is 0 Å². The number of nitrogen functional groups attached to an aromatic ring is 1. The number of nitrogens with two attached hydrogens (primary N) is 1. The predicted molar refractivity (Wildman–Crippen MR) is 100 cm³/mol. The summed E-state index contributed by atoms with van der Waals surface area (Å²) in [6, 6.07) is 9.98. The highest BCUT2D eigenvalue weighted by Gasteiger charge is 2.39. The van der Waals surface area contributed by atoms with E-state index < -0.39 is 12.1 Å². The maximum absolute atomic E-state index is 12.8. The zero-order valence-electron chi connectivity index (χ0n) is 15.0. The lowest BCUT2D eigenvalue weighted by Gasteiger charge is -2.36. The first-order chi connectivity index (χ1) is 12.4. The number of hydrogen-bond donors (Lipinski definition) is 2. The number of carbonyl (C=O) groups is 2. The van der Waals surface area contributed by atoms with E-state index in [2.05, 4.69) is 10.3 Å². The van der Waals surface area contributed by atoms with Crippen molar-refractivity contribution in [1.82, 2.24) is 4.98 Å². The van der Waals surface area contributed by atoms with Crippen molar-refractivity contribution < 1.29 is 14.3 Å². The molecule has 26 heavy (non-hydrogen) atoms. The molecule has 136 valence electrons. The van der Waals surface area contributed by atoms with E-state index in [-0.39, 0.29) is 23.5 Å². The number of para-hydroxylation sites is 1. The van der Waals surface area contributed by atoms with Crippen molar-refractivity contribution in [3.63, 3.8) is 0 Å². The van der Waals surface area contributed by atoms with Crippen molar-refractivity contribution in [2.75, 3.05) is 16.0 Å². The fraction of sp³-hybridized carbons (Fsp3) is 0.316. The maximum Gasteiger partial charge on any atom is 0.270 e. The van der Waals surface area contributed by atoms with Crippen LogP contribution in [0.3, 0.4) is 0 Å². The molecule has 0 saturated heterocycles. The molecule has 7 nitrogen and oxygen atoms in total. The molecule has 1 aliphatic heterocycles. The molecule has 2 amide bonds. The Kier molecular flexibility index (Phi) is 4.79. The maximum atomic E-state index is 12.8. The summed E-state index contributed by atoms with van der Waals surface area (Å²) >= 11 is 0. The first-order valence-electron chi connectivity index (χ1n) is 8.55. The number of aryl methyl sites for hydroxylation is 1. The van der Waals surface area contributed by atoms with E-state index in [9.17, 15) is 9.59 Å².